The fourth-order valence-corrected chi connectivity index (χ4v) is 3.34. The third-order valence-electron chi connectivity index (χ3n) is 3.93. The molecule has 1 heterocycles. The lowest BCUT2D eigenvalue weighted by molar-refractivity contribution is 0.126. The number of rotatable bonds is 8. The lowest BCUT2D eigenvalue weighted by Gasteiger charge is -2.13. The van der Waals surface area contributed by atoms with E-state index in [0.717, 1.165) is 17.0 Å². The van der Waals surface area contributed by atoms with Crippen LogP contribution in [-0.2, 0) is 0 Å². The molecule has 8 heteroatoms. The number of tetrazole rings is 1. The number of ether oxygens (including phenoxy) is 2. The zero-order chi connectivity index (χ0) is 19.2. The Balaban J connectivity index is 1.56. The van der Waals surface area contributed by atoms with Crippen molar-refractivity contribution < 1.29 is 14.6 Å². The fraction of sp³-hybridized carbons (Fsp3) is 0.316. The van der Waals surface area contributed by atoms with Crippen molar-refractivity contribution >= 4 is 11.8 Å². The van der Waals surface area contributed by atoms with Gasteiger partial charge in [-0.1, -0.05) is 29.5 Å². The maximum absolute atomic E-state index is 10.2. The number of hydrogen-bond acceptors (Lipinski definition) is 7. The molecule has 1 aromatic heterocycles. The minimum atomic E-state index is -0.652. The minimum Gasteiger partial charge on any atom is -0.497 e. The van der Waals surface area contributed by atoms with Crippen LogP contribution >= 0.6 is 11.8 Å². The van der Waals surface area contributed by atoms with Gasteiger partial charge in [-0.15, -0.1) is 5.10 Å². The van der Waals surface area contributed by atoms with Crippen LogP contribution < -0.4 is 9.47 Å². The van der Waals surface area contributed by atoms with Crippen LogP contribution in [0.5, 0.6) is 11.5 Å². The fourth-order valence-electron chi connectivity index (χ4n) is 2.55. The molecule has 27 heavy (non-hydrogen) atoms. The summed E-state index contributed by atoms with van der Waals surface area (Å²) in [4.78, 5) is 0. The van der Waals surface area contributed by atoms with E-state index in [0.29, 0.717) is 16.7 Å². The number of hydrogen-bond donors (Lipinski definition) is 1. The van der Waals surface area contributed by atoms with Crippen molar-refractivity contribution in [2.75, 3.05) is 19.5 Å². The highest BCUT2D eigenvalue weighted by Gasteiger charge is 2.14. The van der Waals surface area contributed by atoms with Gasteiger partial charge < -0.3 is 14.6 Å². The Bertz CT molecular complexity index is 883. The molecule has 1 N–H and O–H groups in total. The average molecular weight is 386 g/mol. The zero-order valence-electron chi connectivity index (χ0n) is 15.5. The Hall–Kier alpha value is -2.58. The summed E-state index contributed by atoms with van der Waals surface area (Å²) in [6.45, 7) is 4.26. The maximum atomic E-state index is 10.2. The van der Waals surface area contributed by atoms with Gasteiger partial charge in [0.15, 0.2) is 0 Å². The molecule has 0 aliphatic rings. The number of aromatic nitrogens is 4. The van der Waals surface area contributed by atoms with E-state index >= 15 is 0 Å². The highest BCUT2D eigenvalue weighted by atomic mass is 32.2. The molecule has 0 amide bonds. The predicted octanol–water partition coefficient (Wildman–Crippen LogP) is 2.82. The van der Waals surface area contributed by atoms with Crippen molar-refractivity contribution in [1.29, 1.82) is 0 Å². The summed E-state index contributed by atoms with van der Waals surface area (Å²) >= 11 is 1.39. The number of aliphatic hydroxyl groups is 1. The molecule has 2 aromatic carbocycles. The van der Waals surface area contributed by atoms with E-state index in [1.807, 2.05) is 38.1 Å². The maximum Gasteiger partial charge on any atom is 0.214 e. The van der Waals surface area contributed by atoms with E-state index in [1.54, 1.807) is 23.9 Å². The van der Waals surface area contributed by atoms with Gasteiger partial charge in [0, 0.05) is 5.75 Å². The van der Waals surface area contributed by atoms with Crippen LogP contribution in [-0.4, -0.2) is 50.9 Å². The molecule has 1 unspecified atom stereocenters. The van der Waals surface area contributed by atoms with Gasteiger partial charge in [-0.3, -0.25) is 0 Å². The van der Waals surface area contributed by atoms with Crippen LogP contribution in [0.15, 0.2) is 47.6 Å². The smallest absolute Gasteiger partial charge is 0.214 e. The summed E-state index contributed by atoms with van der Waals surface area (Å²) in [6, 6.07) is 13.3. The van der Waals surface area contributed by atoms with Crippen LogP contribution in [0, 0.1) is 13.8 Å². The van der Waals surface area contributed by atoms with Crippen LogP contribution in [0.4, 0.5) is 0 Å². The lowest BCUT2D eigenvalue weighted by atomic mass is 10.1. The average Bonchev–Trinajstić information content (AvgIpc) is 3.13. The molecule has 0 bridgehead atoms. The Morgan fingerprint density at radius 2 is 1.85 bits per heavy atom. The lowest BCUT2D eigenvalue weighted by Crippen LogP contribution is -2.20. The first-order valence-corrected chi connectivity index (χ1v) is 9.49. The number of nitrogens with zero attached hydrogens (tertiary/aromatic N) is 4. The Morgan fingerprint density at radius 1 is 1.11 bits per heavy atom. The van der Waals surface area contributed by atoms with E-state index in [4.69, 9.17) is 9.47 Å². The van der Waals surface area contributed by atoms with Gasteiger partial charge in [0.25, 0.3) is 0 Å². The van der Waals surface area contributed by atoms with Crippen LogP contribution in [0.1, 0.15) is 11.1 Å². The second-order valence-corrected chi connectivity index (χ2v) is 7.10. The van der Waals surface area contributed by atoms with Crippen molar-refractivity contribution in [3.63, 3.8) is 0 Å². The van der Waals surface area contributed by atoms with E-state index in [1.165, 1.54) is 17.3 Å². The van der Waals surface area contributed by atoms with Gasteiger partial charge in [-0.05, 0) is 60.2 Å². The van der Waals surface area contributed by atoms with Crippen LogP contribution in [0.25, 0.3) is 5.69 Å². The number of thioether (sulfide) groups is 1. The third kappa shape index (κ3) is 4.99. The number of benzene rings is 2. The standard InChI is InChI=1S/C19H22N4O3S/c1-13-4-9-18(14(2)10-13)23-19(20-21-22-23)27-12-15(24)11-26-17-7-5-16(25-3)6-8-17/h4-10,15,24H,11-12H2,1-3H3. The molecule has 0 saturated heterocycles. The van der Waals surface area contributed by atoms with Crippen molar-refractivity contribution in [2.45, 2.75) is 25.1 Å². The summed E-state index contributed by atoms with van der Waals surface area (Å²) in [6.07, 6.45) is -0.652. The van der Waals surface area contributed by atoms with E-state index in [9.17, 15) is 5.11 Å². The first-order valence-electron chi connectivity index (χ1n) is 8.50. The summed E-state index contributed by atoms with van der Waals surface area (Å²) in [5.74, 6) is 1.86. The monoisotopic (exact) mass is 386 g/mol. The second kappa shape index (κ2) is 8.88. The largest absolute Gasteiger partial charge is 0.497 e. The second-order valence-electron chi connectivity index (χ2n) is 6.11. The van der Waals surface area contributed by atoms with Crippen molar-refractivity contribution in [3.8, 4) is 17.2 Å². The Kier molecular flexibility index (Phi) is 6.31. The molecule has 7 nitrogen and oxygen atoms in total. The summed E-state index contributed by atoms with van der Waals surface area (Å²) in [7, 11) is 1.61. The SMILES string of the molecule is COc1ccc(OCC(O)CSc2nnnn2-c2ccc(C)cc2C)cc1. The molecular formula is C19H22N4O3S. The minimum absolute atomic E-state index is 0.185. The first-order chi connectivity index (χ1) is 13.1. The molecule has 3 rings (SSSR count). The summed E-state index contributed by atoms with van der Waals surface area (Å²) in [5.41, 5.74) is 3.20. The van der Waals surface area contributed by atoms with Gasteiger partial charge in [0.2, 0.25) is 5.16 Å². The van der Waals surface area contributed by atoms with Crippen LogP contribution in [0.2, 0.25) is 0 Å². The molecule has 0 radical (unpaired) electrons. The zero-order valence-corrected chi connectivity index (χ0v) is 16.3. The summed E-state index contributed by atoms with van der Waals surface area (Å²) in [5, 5.41) is 22.8. The molecular weight excluding hydrogens is 364 g/mol. The molecule has 1 atom stereocenters. The Morgan fingerprint density at radius 3 is 2.56 bits per heavy atom. The molecule has 0 saturated carbocycles. The van der Waals surface area contributed by atoms with E-state index in [-0.39, 0.29) is 6.61 Å². The van der Waals surface area contributed by atoms with Crippen molar-refractivity contribution in [3.05, 3.63) is 53.6 Å². The summed E-state index contributed by atoms with van der Waals surface area (Å²) < 4.78 is 12.4. The van der Waals surface area contributed by atoms with Gasteiger partial charge in [-0.2, -0.15) is 4.68 Å². The molecule has 0 spiro atoms. The topological polar surface area (TPSA) is 82.3 Å². The van der Waals surface area contributed by atoms with E-state index < -0.39 is 6.10 Å². The van der Waals surface area contributed by atoms with Gasteiger partial charge in [0.1, 0.15) is 18.1 Å². The highest BCUT2D eigenvalue weighted by Crippen LogP contribution is 2.22. The van der Waals surface area contributed by atoms with Gasteiger partial charge in [-0.25, -0.2) is 0 Å². The molecule has 0 fully saturated rings. The number of aliphatic hydroxyl groups excluding tert-OH is 1. The molecule has 142 valence electrons. The van der Waals surface area contributed by atoms with Crippen LogP contribution in [0.3, 0.4) is 0 Å². The van der Waals surface area contributed by atoms with Gasteiger partial charge >= 0.3 is 0 Å². The molecule has 0 aliphatic heterocycles. The molecule has 0 aliphatic carbocycles. The third-order valence-corrected chi connectivity index (χ3v) is 4.99. The highest BCUT2D eigenvalue weighted by molar-refractivity contribution is 7.99. The number of aryl methyl sites for hydroxylation is 2. The van der Waals surface area contributed by atoms with E-state index in [2.05, 4.69) is 21.6 Å². The normalized spacial score (nSPS) is 12.0. The quantitative estimate of drug-likeness (QED) is 0.596. The first kappa shape index (κ1) is 19.2. The van der Waals surface area contributed by atoms with Crippen molar-refractivity contribution in [2.24, 2.45) is 0 Å². The number of methoxy groups -OCH3 is 1. The molecule has 3 aromatic rings. The Labute approximate surface area is 162 Å². The predicted molar refractivity (Wildman–Crippen MR) is 104 cm³/mol. The van der Waals surface area contributed by atoms with Crippen molar-refractivity contribution in [1.82, 2.24) is 20.2 Å². The van der Waals surface area contributed by atoms with Gasteiger partial charge in [0.05, 0.1) is 18.9 Å².